The van der Waals surface area contributed by atoms with Crippen LogP contribution >= 0.6 is 0 Å². The molecule has 3 amide bonds. The van der Waals surface area contributed by atoms with Crippen LogP contribution in [0.25, 0.3) is 0 Å². The highest BCUT2D eigenvalue weighted by Gasteiger charge is 2.50. The minimum atomic E-state index is -0.678. The van der Waals surface area contributed by atoms with E-state index in [4.69, 9.17) is 14.5 Å². The minimum absolute atomic E-state index is 0.0732. The van der Waals surface area contributed by atoms with Crippen LogP contribution in [0.2, 0.25) is 0 Å². The maximum atomic E-state index is 13.0. The summed E-state index contributed by atoms with van der Waals surface area (Å²) in [6, 6.07) is 5.22. The van der Waals surface area contributed by atoms with Gasteiger partial charge < -0.3 is 19.3 Å². The number of cyclic esters (lactones) is 1. The molecule has 12 heteroatoms. The second kappa shape index (κ2) is 11.2. The molecule has 3 saturated heterocycles. The Hall–Kier alpha value is -4.22. The third-order valence-corrected chi connectivity index (χ3v) is 8.15. The number of amides is 3. The summed E-state index contributed by atoms with van der Waals surface area (Å²) >= 11 is 0. The zero-order chi connectivity index (χ0) is 30.2. The zero-order valence-corrected chi connectivity index (χ0v) is 24.8. The third kappa shape index (κ3) is 5.75. The van der Waals surface area contributed by atoms with Gasteiger partial charge >= 0.3 is 12.1 Å². The lowest BCUT2D eigenvalue weighted by atomic mass is 9.83. The number of aliphatic imine (C=N–C) groups is 2. The Morgan fingerprint density at radius 2 is 1.90 bits per heavy atom. The molecule has 1 atom stereocenters. The van der Waals surface area contributed by atoms with Crippen molar-refractivity contribution in [2.45, 2.75) is 65.0 Å². The van der Waals surface area contributed by atoms with Gasteiger partial charge in [-0.25, -0.2) is 14.8 Å². The highest BCUT2D eigenvalue weighted by Crippen LogP contribution is 2.40. The van der Waals surface area contributed by atoms with Crippen molar-refractivity contribution in [1.82, 2.24) is 20.2 Å². The number of benzene rings is 1. The number of fused-ring (bicyclic) bond motifs is 1. The maximum absolute atomic E-state index is 13.0. The number of hydrogen-bond acceptors (Lipinski definition) is 8. The van der Waals surface area contributed by atoms with Gasteiger partial charge in [-0.2, -0.15) is 0 Å². The molecule has 0 radical (unpaired) electrons. The molecule has 1 N–H and O–H groups in total. The van der Waals surface area contributed by atoms with Gasteiger partial charge in [0.2, 0.25) is 0 Å². The number of carbonyl (C=O) groups excluding carboxylic acids is 4. The Balaban J connectivity index is 1.37. The van der Waals surface area contributed by atoms with E-state index in [1.165, 1.54) is 11.1 Å². The van der Waals surface area contributed by atoms with Crippen molar-refractivity contribution in [2.75, 3.05) is 32.8 Å². The quantitative estimate of drug-likeness (QED) is 0.539. The van der Waals surface area contributed by atoms with Crippen molar-refractivity contribution in [1.29, 1.82) is 0 Å². The molecule has 12 nitrogen and oxygen atoms in total. The number of nitrogens with zero attached hydrogens (tertiary/aromatic N) is 5. The van der Waals surface area contributed by atoms with Gasteiger partial charge in [-0.1, -0.05) is 6.92 Å². The summed E-state index contributed by atoms with van der Waals surface area (Å²) in [6.07, 6.45) is 5.18. The standard InChI is InChI=1S/C30H38N6O6/c1-6-30(10-13-34(14-11-30)28(40)42-29(3,4)5)36-22-9-12-31-26(38)24(22)25(33-36)32-20-7-8-21(19(2)17-20)27(39)35-15-16-41-23(37)18-35/h7-9,12,17,24H,6,10-11,13-16,18H2,1-5H3,(H,32,33). The second-order valence-corrected chi connectivity index (χ2v) is 12.1. The number of hydrazine groups is 1. The number of amidine groups is 1. The molecule has 0 bridgehead atoms. The molecule has 224 valence electrons. The van der Waals surface area contributed by atoms with Gasteiger partial charge in [0, 0.05) is 24.9 Å². The Morgan fingerprint density at radius 3 is 2.55 bits per heavy atom. The summed E-state index contributed by atoms with van der Waals surface area (Å²) in [4.78, 5) is 62.5. The van der Waals surface area contributed by atoms with Gasteiger partial charge in [-0.3, -0.25) is 24.8 Å². The molecule has 4 aliphatic rings. The van der Waals surface area contributed by atoms with Gasteiger partial charge in [-0.15, -0.1) is 0 Å². The summed E-state index contributed by atoms with van der Waals surface area (Å²) in [6.45, 7) is 11.0. The SMILES string of the molecule is CCC1(N2NC(=Nc3ccc(C(=O)N4CCOC(=O)C4)c(C)c3)C3C(=O)N=CC=C32)CCN(C(=O)OC(C)(C)C)CC1. The highest BCUT2D eigenvalue weighted by atomic mass is 16.6. The number of allylic oxidation sites excluding steroid dienone is 1. The van der Waals surface area contributed by atoms with Gasteiger partial charge in [-0.05, 0) is 76.8 Å². The Labute approximate surface area is 245 Å². The molecule has 0 spiro atoms. The van der Waals surface area contributed by atoms with E-state index in [1.807, 2.05) is 38.8 Å². The number of piperidine rings is 1. The number of carbonyl (C=O) groups is 4. The second-order valence-electron chi connectivity index (χ2n) is 12.1. The zero-order valence-electron chi connectivity index (χ0n) is 24.8. The average Bonchev–Trinajstić information content (AvgIpc) is 3.32. The predicted molar refractivity (Wildman–Crippen MR) is 155 cm³/mol. The van der Waals surface area contributed by atoms with Crippen LogP contribution in [-0.2, 0) is 19.1 Å². The first-order valence-electron chi connectivity index (χ1n) is 14.4. The van der Waals surface area contributed by atoms with Crippen molar-refractivity contribution in [3.8, 4) is 0 Å². The molecular weight excluding hydrogens is 540 g/mol. The van der Waals surface area contributed by atoms with E-state index in [0.717, 1.165) is 12.1 Å². The summed E-state index contributed by atoms with van der Waals surface area (Å²) < 4.78 is 10.5. The van der Waals surface area contributed by atoms with Crippen molar-refractivity contribution in [2.24, 2.45) is 15.9 Å². The van der Waals surface area contributed by atoms with Gasteiger partial charge in [0.05, 0.1) is 23.5 Å². The van der Waals surface area contributed by atoms with Crippen LogP contribution in [0.1, 0.15) is 62.9 Å². The number of ether oxygens (including phenoxy) is 2. The Bertz CT molecular complexity index is 1380. The molecule has 5 rings (SSSR count). The fraction of sp³-hybridized carbons (Fsp3) is 0.533. The number of likely N-dealkylation sites (tertiary alicyclic amines) is 1. The molecule has 4 heterocycles. The molecular formula is C30H38N6O6. The molecule has 4 aliphatic heterocycles. The highest BCUT2D eigenvalue weighted by molar-refractivity contribution is 6.12. The number of dihydropyridines is 1. The molecule has 0 aliphatic carbocycles. The Kier molecular flexibility index (Phi) is 7.82. The van der Waals surface area contributed by atoms with Crippen molar-refractivity contribution in [3.63, 3.8) is 0 Å². The van der Waals surface area contributed by atoms with Crippen LogP contribution in [0.15, 0.2) is 40.0 Å². The lowest BCUT2D eigenvalue weighted by Gasteiger charge is -2.48. The number of hydrogen-bond donors (Lipinski definition) is 1. The van der Waals surface area contributed by atoms with E-state index in [0.29, 0.717) is 55.1 Å². The van der Waals surface area contributed by atoms with E-state index in [1.54, 1.807) is 23.1 Å². The number of esters is 1. The van der Waals surface area contributed by atoms with Crippen LogP contribution < -0.4 is 5.43 Å². The normalized spacial score (nSPS) is 22.9. The minimum Gasteiger partial charge on any atom is -0.462 e. The first-order valence-corrected chi connectivity index (χ1v) is 14.4. The van der Waals surface area contributed by atoms with E-state index in [9.17, 15) is 19.2 Å². The molecule has 3 fully saturated rings. The van der Waals surface area contributed by atoms with E-state index < -0.39 is 17.5 Å². The fourth-order valence-corrected chi connectivity index (χ4v) is 5.83. The Morgan fingerprint density at radius 1 is 1.17 bits per heavy atom. The lowest BCUT2D eigenvalue weighted by Crippen LogP contribution is -2.58. The number of nitrogens with one attached hydrogen (secondary N) is 1. The summed E-state index contributed by atoms with van der Waals surface area (Å²) in [5.74, 6) is -1.18. The number of aryl methyl sites for hydroxylation is 1. The van der Waals surface area contributed by atoms with Crippen LogP contribution in [-0.4, -0.2) is 94.7 Å². The number of morpholine rings is 1. The van der Waals surface area contributed by atoms with Crippen LogP contribution in [0.3, 0.4) is 0 Å². The smallest absolute Gasteiger partial charge is 0.410 e. The molecule has 0 aromatic heterocycles. The average molecular weight is 579 g/mol. The molecule has 42 heavy (non-hydrogen) atoms. The van der Waals surface area contributed by atoms with Crippen LogP contribution in [0.5, 0.6) is 0 Å². The summed E-state index contributed by atoms with van der Waals surface area (Å²) in [7, 11) is 0. The first kappa shape index (κ1) is 29.3. The summed E-state index contributed by atoms with van der Waals surface area (Å²) in [5.41, 5.74) is 5.05. The molecule has 1 unspecified atom stereocenters. The third-order valence-electron chi connectivity index (χ3n) is 8.15. The monoisotopic (exact) mass is 578 g/mol. The van der Waals surface area contributed by atoms with Crippen molar-refractivity contribution >= 4 is 41.6 Å². The fourth-order valence-electron chi connectivity index (χ4n) is 5.83. The van der Waals surface area contributed by atoms with Gasteiger partial charge in [0.15, 0.2) is 0 Å². The molecule has 1 aromatic carbocycles. The first-order chi connectivity index (χ1) is 19.9. The maximum Gasteiger partial charge on any atom is 0.410 e. The molecule has 0 saturated carbocycles. The molecule has 1 aromatic rings. The number of rotatable bonds is 4. The van der Waals surface area contributed by atoms with Gasteiger partial charge in [0.25, 0.3) is 11.8 Å². The van der Waals surface area contributed by atoms with Crippen LogP contribution in [0.4, 0.5) is 10.5 Å². The van der Waals surface area contributed by atoms with Crippen LogP contribution in [0, 0.1) is 12.8 Å². The topological polar surface area (TPSA) is 133 Å². The van der Waals surface area contributed by atoms with E-state index in [2.05, 4.69) is 17.3 Å². The van der Waals surface area contributed by atoms with Gasteiger partial charge in [0.1, 0.15) is 30.5 Å². The van der Waals surface area contributed by atoms with E-state index in [-0.39, 0.29) is 36.6 Å². The largest absolute Gasteiger partial charge is 0.462 e. The predicted octanol–water partition coefficient (Wildman–Crippen LogP) is 3.14. The van der Waals surface area contributed by atoms with Crippen molar-refractivity contribution in [3.05, 3.63) is 41.1 Å². The lowest BCUT2D eigenvalue weighted by molar-refractivity contribution is -0.149. The summed E-state index contributed by atoms with van der Waals surface area (Å²) in [5, 5.41) is 2.05. The van der Waals surface area contributed by atoms with E-state index >= 15 is 0 Å². The van der Waals surface area contributed by atoms with Crippen molar-refractivity contribution < 1.29 is 28.7 Å².